The first-order chi connectivity index (χ1) is 8.00. The van der Waals surface area contributed by atoms with Crippen LogP contribution >= 0.6 is 11.6 Å². The lowest BCUT2D eigenvalue weighted by Crippen LogP contribution is -2.50. The van der Waals surface area contributed by atoms with Crippen molar-refractivity contribution in [1.82, 2.24) is 0 Å². The Morgan fingerprint density at radius 2 is 2.29 bits per heavy atom. The molecule has 17 heavy (non-hydrogen) atoms. The molecule has 0 bridgehead atoms. The summed E-state index contributed by atoms with van der Waals surface area (Å²) in [7, 11) is 0. The van der Waals surface area contributed by atoms with Crippen molar-refractivity contribution in [2.45, 2.75) is 13.0 Å². The van der Waals surface area contributed by atoms with E-state index < -0.39 is 11.9 Å². The minimum Gasteiger partial charge on any atom is -0.482 e. The third-order valence-electron chi connectivity index (χ3n) is 2.60. The molecule has 0 aromatic heterocycles. The summed E-state index contributed by atoms with van der Waals surface area (Å²) in [6.07, 6.45) is 0. The summed E-state index contributed by atoms with van der Waals surface area (Å²) in [5.41, 5.74) is 5.69. The van der Waals surface area contributed by atoms with Crippen LogP contribution in [0.4, 0.5) is 5.69 Å². The van der Waals surface area contributed by atoms with E-state index in [-0.39, 0.29) is 12.5 Å². The maximum Gasteiger partial charge on any atom is 0.265 e. The second-order valence-corrected chi connectivity index (χ2v) is 4.18. The Balaban J connectivity index is 2.49. The van der Waals surface area contributed by atoms with Crippen LogP contribution in [0.25, 0.3) is 0 Å². The fraction of sp³-hybridized carbons (Fsp3) is 0.273. The molecule has 90 valence electrons. The quantitative estimate of drug-likeness (QED) is 0.854. The van der Waals surface area contributed by atoms with Gasteiger partial charge in [0.25, 0.3) is 5.91 Å². The van der Waals surface area contributed by atoms with Gasteiger partial charge in [0.2, 0.25) is 5.91 Å². The zero-order chi connectivity index (χ0) is 12.6. The van der Waals surface area contributed by atoms with Crippen molar-refractivity contribution in [2.24, 2.45) is 5.73 Å². The van der Waals surface area contributed by atoms with E-state index in [2.05, 4.69) is 0 Å². The highest BCUT2D eigenvalue weighted by molar-refractivity contribution is 6.31. The molecule has 2 rings (SSSR count). The zero-order valence-corrected chi connectivity index (χ0v) is 9.90. The topological polar surface area (TPSA) is 72.6 Å². The number of hydrogen-bond donors (Lipinski definition) is 1. The van der Waals surface area contributed by atoms with Crippen molar-refractivity contribution in [3.8, 4) is 5.75 Å². The van der Waals surface area contributed by atoms with Gasteiger partial charge in [-0.1, -0.05) is 11.6 Å². The minimum absolute atomic E-state index is 0.105. The predicted molar refractivity (Wildman–Crippen MR) is 63.1 cm³/mol. The zero-order valence-electron chi connectivity index (χ0n) is 9.14. The average Bonchev–Trinajstić information content (AvgIpc) is 2.27. The lowest BCUT2D eigenvalue weighted by atomic mass is 10.1. The number of nitrogens with zero attached hydrogens (tertiary/aromatic N) is 1. The highest BCUT2D eigenvalue weighted by Crippen LogP contribution is 2.35. The number of fused-ring (bicyclic) bond motifs is 1. The van der Waals surface area contributed by atoms with E-state index in [0.29, 0.717) is 16.5 Å². The van der Waals surface area contributed by atoms with Crippen LogP contribution in [0.2, 0.25) is 5.02 Å². The Kier molecular flexibility index (Phi) is 2.93. The molecule has 1 heterocycles. The van der Waals surface area contributed by atoms with E-state index >= 15 is 0 Å². The monoisotopic (exact) mass is 254 g/mol. The van der Waals surface area contributed by atoms with Crippen molar-refractivity contribution < 1.29 is 14.3 Å². The van der Waals surface area contributed by atoms with Crippen molar-refractivity contribution in [1.29, 1.82) is 0 Å². The third-order valence-corrected chi connectivity index (χ3v) is 2.83. The molecular weight excluding hydrogens is 244 g/mol. The lowest BCUT2D eigenvalue weighted by Gasteiger charge is -2.32. The molecule has 0 radical (unpaired) electrons. The number of primary amides is 1. The second-order valence-electron chi connectivity index (χ2n) is 3.74. The van der Waals surface area contributed by atoms with Gasteiger partial charge in [0, 0.05) is 5.02 Å². The Hall–Kier alpha value is -1.75. The van der Waals surface area contributed by atoms with Crippen LogP contribution in [0.1, 0.15) is 6.92 Å². The fourth-order valence-corrected chi connectivity index (χ4v) is 1.86. The average molecular weight is 255 g/mol. The van der Waals surface area contributed by atoms with E-state index in [1.807, 2.05) is 0 Å². The van der Waals surface area contributed by atoms with Gasteiger partial charge in [0.15, 0.2) is 6.61 Å². The van der Waals surface area contributed by atoms with Gasteiger partial charge in [-0.05, 0) is 25.1 Å². The van der Waals surface area contributed by atoms with Gasteiger partial charge in [-0.25, -0.2) is 0 Å². The van der Waals surface area contributed by atoms with Gasteiger partial charge >= 0.3 is 0 Å². The number of amides is 2. The van der Waals surface area contributed by atoms with Crippen molar-refractivity contribution in [3.05, 3.63) is 23.2 Å². The molecule has 1 aromatic rings. The number of carbonyl (C=O) groups is 2. The highest BCUT2D eigenvalue weighted by Gasteiger charge is 2.32. The molecule has 1 unspecified atom stereocenters. The number of benzene rings is 1. The van der Waals surface area contributed by atoms with Gasteiger partial charge in [-0.15, -0.1) is 0 Å². The van der Waals surface area contributed by atoms with Crippen molar-refractivity contribution in [3.63, 3.8) is 0 Å². The van der Waals surface area contributed by atoms with E-state index in [1.165, 1.54) is 4.90 Å². The number of halogens is 1. The van der Waals surface area contributed by atoms with E-state index in [4.69, 9.17) is 22.1 Å². The Morgan fingerprint density at radius 1 is 1.59 bits per heavy atom. The second kappa shape index (κ2) is 4.25. The summed E-state index contributed by atoms with van der Waals surface area (Å²) in [5.74, 6) is -0.376. The van der Waals surface area contributed by atoms with Crippen molar-refractivity contribution >= 4 is 29.1 Å². The maximum absolute atomic E-state index is 11.8. The summed E-state index contributed by atoms with van der Waals surface area (Å²) < 4.78 is 5.25. The molecule has 5 nitrogen and oxygen atoms in total. The molecule has 1 atom stereocenters. The van der Waals surface area contributed by atoms with Crippen LogP contribution in [0.5, 0.6) is 5.75 Å². The molecule has 1 aliphatic rings. The smallest absolute Gasteiger partial charge is 0.265 e. The van der Waals surface area contributed by atoms with E-state index in [1.54, 1.807) is 25.1 Å². The Labute approximate surface area is 103 Å². The van der Waals surface area contributed by atoms with E-state index in [9.17, 15) is 9.59 Å². The van der Waals surface area contributed by atoms with Crippen molar-refractivity contribution in [2.75, 3.05) is 11.5 Å². The molecule has 0 spiro atoms. The molecule has 0 aliphatic carbocycles. The van der Waals surface area contributed by atoms with Crippen LogP contribution < -0.4 is 15.4 Å². The summed E-state index contributed by atoms with van der Waals surface area (Å²) >= 11 is 5.86. The predicted octanol–water partition coefficient (Wildman–Crippen LogP) is 0.939. The van der Waals surface area contributed by atoms with Crippen LogP contribution in [-0.4, -0.2) is 24.5 Å². The number of ether oxygens (including phenoxy) is 1. The summed E-state index contributed by atoms with van der Waals surface area (Å²) in [6.45, 7) is 1.46. The largest absolute Gasteiger partial charge is 0.482 e. The molecule has 0 saturated carbocycles. The first-order valence-corrected chi connectivity index (χ1v) is 5.42. The van der Waals surface area contributed by atoms with Crippen LogP contribution in [0.15, 0.2) is 18.2 Å². The van der Waals surface area contributed by atoms with Gasteiger partial charge < -0.3 is 10.5 Å². The maximum atomic E-state index is 11.8. The van der Waals surface area contributed by atoms with E-state index in [0.717, 1.165) is 0 Å². The number of anilines is 1. The molecule has 0 fully saturated rings. The van der Waals surface area contributed by atoms with Gasteiger partial charge in [-0.3, -0.25) is 14.5 Å². The Bertz CT molecular complexity index is 490. The van der Waals surface area contributed by atoms with Crippen LogP contribution in [0.3, 0.4) is 0 Å². The molecule has 2 N–H and O–H groups in total. The first kappa shape index (κ1) is 11.7. The van der Waals surface area contributed by atoms with Gasteiger partial charge in [0.1, 0.15) is 11.8 Å². The molecule has 0 saturated heterocycles. The molecule has 2 amide bonds. The minimum atomic E-state index is -0.733. The highest BCUT2D eigenvalue weighted by atomic mass is 35.5. The summed E-state index contributed by atoms with van der Waals surface area (Å²) in [6, 6.07) is 4.16. The number of carbonyl (C=O) groups excluding carboxylic acids is 2. The molecule has 6 heteroatoms. The summed E-state index contributed by atoms with van der Waals surface area (Å²) in [4.78, 5) is 24.3. The standard InChI is InChI=1S/C11H11ClN2O3/c1-6(11(13)16)14-8-4-7(12)2-3-9(8)17-5-10(14)15/h2-4,6H,5H2,1H3,(H2,13,16). The molecule has 1 aliphatic heterocycles. The van der Waals surface area contributed by atoms with Gasteiger partial charge in [-0.2, -0.15) is 0 Å². The molecule has 1 aromatic carbocycles. The number of rotatable bonds is 2. The lowest BCUT2D eigenvalue weighted by molar-refractivity contribution is -0.126. The third kappa shape index (κ3) is 2.06. The SMILES string of the molecule is CC(C(N)=O)N1C(=O)COc2ccc(Cl)cc21. The van der Waals surface area contributed by atoms with Crippen LogP contribution in [-0.2, 0) is 9.59 Å². The summed E-state index contributed by atoms with van der Waals surface area (Å²) in [5, 5.41) is 0.462. The normalized spacial score (nSPS) is 16.1. The first-order valence-electron chi connectivity index (χ1n) is 5.04. The number of nitrogens with two attached hydrogens (primary N) is 1. The number of hydrogen-bond acceptors (Lipinski definition) is 3. The Morgan fingerprint density at radius 3 is 2.94 bits per heavy atom. The fourth-order valence-electron chi connectivity index (χ4n) is 1.70. The van der Waals surface area contributed by atoms with Gasteiger partial charge in [0.05, 0.1) is 5.69 Å². The molecular formula is C11H11ClN2O3. The van der Waals surface area contributed by atoms with Crippen LogP contribution in [0, 0.1) is 0 Å².